The van der Waals surface area contributed by atoms with E-state index in [9.17, 15) is 0 Å². The molecule has 1 unspecified atom stereocenters. The first kappa shape index (κ1) is 9.01. The Hall–Kier alpha value is -0.0800. The second kappa shape index (κ2) is 3.11. The van der Waals surface area contributed by atoms with Gasteiger partial charge in [-0.05, 0) is 32.6 Å². The number of hydroxylamine groups is 2. The molecule has 0 aromatic carbocycles. The van der Waals surface area contributed by atoms with Gasteiger partial charge in [0.1, 0.15) is 0 Å². The number of rotatable bonds is 1. The molecule has 66 valence electrons. The molecular weight excluding hydrogens is 138 g/mol. The van der Waals surface area contributed by atoms with Crippen LogP contribution in [-0.2, 0) is 4.84 Å². The van der Waals surface area contributed by atoms with E-state index in [1.807, 2.05) is 0 Å². The number of hydrogen-bond donors (Lipinski definition) is 0. The predicted octanol–water partition coefficient (Wildman–Crippen LogP) is 2.06. The van der Waals surface area contributed by atoms with Gasteiger partial charge in [-0.1, -0.05) is 6.92 Å². The third kappa shape index (κ3) is 1.57. The second-order valence-corrected chi connectivity index (χ2v) is 3.98. The van der Waals surface area contributed by atoms with E-state index in [0.29, 0.717) is 0 Å². The molecule has 1 aliphatic rings. The summed E-state index contributed by atoms with van der Waals surface area (Å²) in [7, 11) is 1.76. The number of piperidine rings is 1. The smallest absolute Gasteiger partial charge is 0.0575 e. The first-order valence-corrected chi connectivity index (χ1v) is 4.40. The van der Waals surface area contributed by atoms with Crippen molar-refractivity contribution in [2.24, 2.45) is 5.92 Å². The molecule has 0 aliphatic carbocycles. The van der Waals surface area contributed by atoms with Crippen LogP contribution in [0.4, 0.5) is 0 Å². The first-order valence-electron chi connectivity index (χ1n) is 4.40. The van der Waals surface area contributed by atoms with Gasteiger partial charge in [0.25, 0.3) is 0 Å². The molecule has 1 heterocycles. The van der Waals surface area contributed by atoms with Crippen LogP contribution in [0.5, 0.6) is 0 Å². The second-order valence-electron chi connectivity index (χ2n) is 3.98. The molecule has 1 fully saturated rings. The molecule has 0 saturated carbocycles. The molecule has 11 heavy (non-hydrogen) atoms. The van der Waals surface area contributed by atoms with Crippen LogP contribution in [0.2, 0.25) is 0 Å². The molecule has 0 radical (unpaired) electrons. The molecule has 0 aromatic rings. The molecule has 1 atom stereocenters. The van der Waals surface area contributed by atoms with E-state index in [2.05, 4.69) is 25.8 Å². The first-order chi connectivity index (χ1) is 5.09. The van der Waals surface area contributed by atoms with Gasteiger partial charge in [0.2, 0.25) is 0 Å². The lowest BCUT2D eigenvalue weighted by molar-refractivity contribution is -0.220. The SMILES string of the molecule is CON1CCCC(C)C1(C)C. The molecule has 0 bridgehead atoms. The van der Waals surface area contributed by atoms with Crippen LogP contribution >= 0.6 is 0 Å². The van der Waals surface area contributed by atoms with Gasteiger partial charge in [-0.2, -0.15) is 5.06 Å². The van der Waals surface area contributed by atoms with Gasteiger partial charge >= 0.3 is 0 Å². The molecule has 1 rings (SSSR count). The molecule has 0 spiro atoms. The Morgan fingerprint density at radius 1 is 1.45 bits per heavy atom. The fourth-order valence-corrected chi connectivity index (χ4v) is 1.75. The van der Waals surface area contributed by atoms with Crippen molar-refractivity contribution < 1.29 is 4.84 Å². The number of hydrogen-bond acceptors (Lipinski definition) is 2. The van der Waals surface area contributed by atoms with Crippen molar-refractivity contribution in [1.29, 1.82) is 0 Å². The summed E-state index contributed by atoms with van der Waals surface area (Å²) < 4.78 is 0. The summed E-state index contributed by atoms with van der Waals surface area (Å²) in [4.78, 5) is 5.31. The Morgan fingerprint density at radius 3 is 2.55 bits per heavy atom. The molecule has 2 heteroatoms. The van der Waals surface area contributed by atoms with Crippen molar-refractivity contribution in [3.8, 4) is 0 Å². The van der Waals surface area contributed by atoms with E-state index >= 15 is 0 Å². The number of nitrogens with zero attached hydrogens (tertiary/aromatic N) is 1. The summed E-state index contributed by atoms with van der Waals surface area (Å²) in [6, 6.07) is 0. The van der Waals surface area contributed by atoms with Gasteiger partial charge in [0, 0.05) is 12.1 Å². The standard InChI is InChI=1S/C9H19NO/c1-8-6-5-7-10(11-4)9(8,2)3/h8H,5-7H2,1-4H3. The molecule has 0 aromatic heterocycles. The average Bonchev–Trinajstić information content (AvgIpc) is 1.95. The highest BCUT2D eigenvalue weighted by atomic mass is 16.7. The molecular formula is C9H19NO. The monoisotopic (exact) mass is 157 g/mol. The topological polar surface area (TPSA) is 12.5 Å². The highest BCUT2D eigenvalue weighted by Crippen LogP contribution is 2.32. The van der Waals surface area contributed by atoms with Crippen LogP contribution in [-0.4, -0.2) is 24.3 Å². The normalized spacial score (nSPS) is 32.2. The molecule has 0 N–H and O–H groups in total. The van der Waals surface area contributed by atoms with Crippen molar-refractivity contribution in [3.63, 3.8) is 0 Å². The molecule has 2 nitrogen and oxygen atoms in total. The summed E-state index contributed by atoms with van der Waals surface area (Å²) in [5, 5.41) is 2.10. The average molecular weight is 157 g/mol. The van der Waals surface area contributed by atoms with E-state index in [1.165, 1.54) is 12.8 Å². The third-order valence-corrected chi connectivity index (χ3v) is 3.07. The molecule has 1 aliphatic heterocycles. The quantitative estimate of drug-likeness (QED) is 0.577. The van der Waals surface area contributed by atoms with Crippen LogP contribution in [0.15, 0.2) is 0 Å². The summed E-state index contributed by atoms with van der Waals surface area (Å²) in [5.41, 5.74) is 0.215. The van der Waals surface area contributed by atoms with Crippen LogP contribution in [0, 0.1) is 5.92 Å². The predicted molar refractivity (Wildman–Crippen MR) is 46.2 cm³/mol. The fourth-order valence-electron chi connectivity index (χ4n) is 1.75. The van der Waals surface area contributed by atoms with Gasteiger partial charge in [0.05, 0.1) is 7.11 Å². The lowest BCUT2D eigenvalue weighted by atomic mass is 9.82. The van der Waals surface area contributed by atoms with E-state index in [4.69, 9.17) is 4.84 Å². The van der Waals surface area contributed by atoms with Crippen LogP contribution in [0.1, 0.15) is 33.6 Å². The minimum Gasteiger partial charge on any atom is -0.302 e. The van der Waals surface area contributed by atoms with Gasteiger partial charge in [0.15, 0.2) is 0 Å². The van der Waals surface area contributed by atoms with E-state index in [0.717, 1.165) is 12.5 Å². The zero-order chi connectivity index (χ0) is 8.48. The highest BCUT2D eigenvalue weighted by Gasteiger charge is 2.35. The molecule has 1 saturated heterocycles. The van der Waals surface area contributed by atoms with Gasteiger partial charge in [-0.25, -0.2) is 0 Å². The van der Waals surface area contributed by atoms with Crippen molar-refractivity contribution in [1.82, 2.24) is 5.06 Å². The zero-order valence-electron chi connectivity index (χ0n) is 8.05. The Balaban J connectivity index is 2.64. The van der Waals surface area contributed by atoms with E-state index in [1.54, 1.807) is 7.11 Å². The Labute approximate surface area is 69.5 Å². The summed E-state index contributed by atoms with van der Waals surface area (Å²) in [6.45, 7) is 7.87. The van der Waals surface area contributed by atoms with Crippen LogP contribution in [0.3, 0.4) is 0 Å². The molecule has 0 amide bonds. The van der Waals surface area contributed by atoms with Crippen molar-refractivity contribution in [2.45, 2.75) is 39.2 Å². The summed E-state index contributed by atoms with van der Waals surface area (Å²) in [6.07, 6.45) is 2.59. The van der Waals surface area contributed by atoms with Gasteiger partial charge < -0.3 is 4.84 Å². The van der Waals surface area contributed by atoms with Crippen molar-refractivity contribution in [2.75, 3.05) is 13.7 Å². The van der Waals surface area contributed by atoms with Crippen molar-refractivity contribution in [3.05, 3.63) is 0 Å². The summed E-state index contributed by atoms with van der Waals surface area (Å²) >= 11 is 0. The maximum atomic E-state index is 5.31. The van der Waals surface area contributed by atoms with Crippen molar-refractivity contribution >= 4 is 0 Å². The minimum atomic E-state index is 0.215. The highest BCUT2D eigenvalue weighted by molar-refractivity contribution is 4.86. The lowest BCUT2D eigenvalue weighted by Gasteiger charge is -2.44. The fraction of sp³-hybridized carbons (Fsp3) is 1.00. The minimum absolute atomic E-state index is 0.215. The maximum Gasteiger partial charge on any atom is 0.0575 e. The maximum absolute atomic E-state index is 5.31. The largest absolute Gasteiger partial charge is 0.302 e. The Kier molecular flexibility index (Phi) is 2.55. The Bertz CT molecular complexity index is 134. The van der Waals surface area contributed by atoms with Crippen LogP contribution < -0.4 is 0 Å². The van der Waals surface area contributed by atoms with E-state index in [-0.39, 0.29) is 5.54 Å². The van der Waals surface area contributed by atoms with Gasteiger partial charge in [-0.3, -0.25) is 0 Å². The third-order valence-electron chi connectivity index (χ3n) is 3.07. The lowest BCUT2D eigenvalue weighted by Crippen LogP contribution is -2.51. The zero-order valence-corrected chi connectivity index (χ0v) is 8.05. The van der Waals surface area contributed by atoms with E-state index < -0.39 is 0 Å². The Morgan fingerprint density at radius 2 is 2.09 bits per heavy atom. The van der Waals surface area contributed by atoms with Crippen LogP contribution in [0.25, 0.3) is 0 Å². The summed E-state index contributed by atoms with van der Waals surface area (Å²) in [5.74, 6) is 0.733. The van der Waals surface area contributed by atoms with Gasteiger partial charge in [-0.15, -0.1) is 0 Å².